The predicted octanol–water partition coefficient (Wildman–Crippen LogP) is 5.54. The van der Waals surface area contributed by atoms with E-state index in [2.05, 4.69) is 48.6 Å². The lowest BCUT2D eigenvalue weighted by atomic mass is 10.0. The number of nitrogens with zero attached hydrogens (tertiary/aromatic N) is 1. The van der Waals surface area contributed by atoms with Crippen LogP contribution in [0.4, 0.5) is 0 Å². The fourth-order valence-corrected chi connectivity index (χ4v) is 2.76. The molecule has 0 bridgehead atoms. The highest BCUT2D eigenvalue weighted by atomic mass is 16.5. The fraction of sp³-hybridized carbons (Fsp3) is 0.200. The molecule has 148 valence electrons. The molecule has 4 nitrogen and oxygen atoms in total. The van der Waals surface area contributed by atoms with E-state index in [0.29, 0.717) is 18.1 Å². The molecule has 1 N–H and O–H groups in total. The molecule has 0 saturated carbocycles. The molecule has 3 aromatic carbocycles. The summed E-state index contributed by atoms with van der Waals surface area (Å²) in [5.41, 5.74) is 7.18. The third kappa shape index (κ3) is 5.79. The summed E-state index contributed by atoms with van der Waals surface area (Å²) in [7, 11) is 0. The van der Waals surface area contributed by atoms with Gasteiger partial charge in [0.15, 0.2) is 0 Å². The molecule has 1 amide bonds. The van der Waals surface area contributed by atoms with Crippen molar-refractivity contribution in [3.63, 3.8) is 0 Å². The van der Waals surface area contributed by atoms with Crippen molar-refractivity contribution >= 4 is 11.6 Å². The number of hydrogen-bond donors (Lipinski definition) is 1. The van der Waals surface area contributed by atoms with Crippen molar-refractivity contribution in [2.45, 2.75) is 20.8 Å². The molecule has 0 radical (unpaired) electrons. The maximum absolute atomic E-state index is 12.3. The number of rotatable bonds is 7. The molecule has 0 atom stereocenters. The van der Waals surface area contributed by atoms with Gasteiger partial charge < -0.3 is 4.74 Å². The molecule has 0 aliphatic rings. The molecular weight excluding hydrogens is 360 g/mol. The largest absolute Gasteiger partial charge is 0.493 e. The first-order chi connectivity index (χ1) is 14.0. The number of nitrogens with one attached hydrogen (secondary N) is 1. The molecule has 0 aromatic heterocycles. The minimum atomic E-state index is -0.249. The van der Waals surface area contributed by atoms with Gasteiger partial charge in [0.25, 0.3) is 5.91 Å². The van der Waals surface area contributed by atoms with Gasteiger partial charge in [0.05, 0.1) is 12.3 Å². The van der Waals surface area contributed by atoms with Crippen LogP contribution in [-0.4, -0.2) is 18.2 Å². The van der Waals surface area contributed by atoms with Crippen LogP contribution < -0.4 is 10.2 Å². The Balaban J connectivity index is 1.61. The van der Waals surface area contributed by atoms with E-state index in [1.807, 2.05) is 37.3 Å². The van der Waals surface area contributed by atoms with Crippen molar-refractivity contribution < 1.29 is 9.53 Å². The second kappa shape index (κ2) is 9.69. The first kappa shape index (κ1) is 20.3. The van der Waals surface area contributed by atoms with E-state index in [9.17, 15) is 4.79 Å². The number of hydrogen-bond acceptors (Lipinski definition) is 3. The van der Waals surface area contributed by atoms with E-state index in [0.717, 1.165) is 22.6 Å². The number of benzene rings is 3. The predicted molar refractivity (Wildman–Crippen MR) is 118 cm³/mol. The molecule has 0 heterocycles. The van der Waals surface area contributed by atoms with Gasteiger partial charge in [-0.15, -0.1) is 0 Å². The Kier molecular flexibility index (Phi) is 6.80. The first-order valence-electron chi connectivity index (χ1n) is 9.76. The Hall–Kier alpha value is -3.40. The summed E-state index contributed by atoms with van der Waals surface area (Å²) in [5, 5.41) is 4.24. The van der Waals surface area contributed by atoms with Crippen LogP contribution in [0.2, 0.25) is 0 Å². The number of hydrazone groups is 1. The van der Waals surface area contributed by atoms with Gasteiger partial charge in [-0.3, -0.25) is 4.79 Å². The van der Waals surface area contributed by atoms with Gasteiger partial charge in [0.2, 0.25) is 0 Å². The van der Waals surface area contributed by atoms with Gasteiger partial charge in [0, 0.05) is 5.56 Å². The highest BCUT2D eigenvalue weighted by Crippen LogP contribution is 2.19. The molecule has 0 unspecified atom stereocenters. The van der Waals surface area contributed by atoms with Crippen molar-refractivity contribution in [3.05, 3.63) is 90.0 Å². The Labute approximate surface area is 172 Å². The lowest BCUT2D eigenvalue weighted by Crippen LogP contribution is -2.19. The summed E-state index contributed by atoms with van der Waals surface area (Å²) in [6.45, 7) is 6.72. The number of carbonyl (C=O) groups excluding carboxylic acids is 1. The van der Waals surface area contributed by atoms with Crippen LogP contribution in [0.3, 0.4) is 0 Å². The summed E-state index contributed by atoms with van der Waals surface area (Å²) in [6, 6.07) is 25.4. The third-order valence-corrected chi connectivity index (χ3v) is 4.43. The molecule has 0 fully saturated rings. The summed E-state index contributed by atoms with van der Waals surface area (Å²) in [6.07, 6.45) is 0. The third-order valence-electron chi connectivity index (χ3n) is 4.43. The summed E-state index contributed by atoms with van der Waals surface area (Å²) >= 11 is 0. The summed E-state index contributed by atoms with van der Waals surface area (Å²) in [5.74, 6) is 0.964. The molecule has 4 heteroatoms. The highest BCUT2D eigenvalue weighted by molar-refractivity contribution is 6.01. The molecule has 0 aliphatic carbocycles. The maximum Gasteiger partial charge on any atom is 0.271 e. The van der Waals surface area contributed by atoms with Gasteiger partial charge in [-0.1, -0.05) is 68.4 Å². The van der Waals surface area contributed by atoms with Crippen LogP contribution >= 0.6 is 0 Å². The molecule has 3 rings (SSSR count). The Morgan fingerprint density at radius 1 is 0.862 bits per heavy atom. The van der Waals surface area contributed by atoms with Crippen LogP contribution in [0, 0.1) is 5.92 Å². The van der Waals surface area contributed by atoms with Gasteiger partial charge >= 0.3 is 0 Å². The Morgan fingerprint density at radius 3 is 2.07 bits per heavy atom. The first-order valence-corrected chi connectivity index (χ1v) is 9.76. The van der Waals surface area contributed by atoms with E-state index in [4.69, 9.17) is 4.74 Å². The smallest absolute Gasteiger partial charge is 0.271 e. The van der Waals surface area contributed by atoms with Gasteiger partial charge in [0.1, 0.15) is 5.75 Å². The lowest BCUT2D eigenvalue weighted by Gasteiger charge is -2.09. The van der Waals surface area contributed by atoms with E-state index in [1.54, 1.807) is 24.3 Å². The van der Waals surface area contributed by atoms with Crippen molar-refractivity contribution in [1.29, 1.82) is 0 Å². The second-order valence-electron chi connectivity index (χ2n) is 7.31. The molecule has 0 spiro atoms. The van der Waals surface area contributed by atoms with Crippen molar-refractivity contribution in [1.82, 2.24) is 5.43 Å². The normalized spacial score (nSPS) is 11.4. The van der Waals surface area contributed by atoms with Crippen LogP contribution in [0.25, 0.3) is 11.1 Å². The monoisotopic (exact) mass is 386 g/mol. The minimum absolute atomic E-state index is 0.249. The minimum Gasteiger partial charge on any atom is -0.493 e. The number of carbonyl (C=O) groups is 1. The zero-order valence-corrected chi connectivity index (χ0v) is 17.1. The number of amides is 1. The van der Waals surface area contributed by atoms with E-state index in [-0.39, 0.29) is 5.91 Å². The average Bonchev–Trinajstić information content (AvgIpc) is 2.77. The fourth-order valence-electron chi connectivity index (χ4n) is 2.76. The van der Waals surface area contributed by atoms with Crippen LogP contribution in [0.5, 0.6) is 5.75 Å². The average molecular weight is 386 g/mol. The standard InChI is InChI=1S/C25H26N2O2/c1-18(2)17-29-24-15-13-23(14-16-24)25(28)27-26-19(3)20-9-11-22(12-10-20)21-7-5-4-6-8-21/h4-16,18H,17H2,1-3H3,(H,27,28)/b26-19+. The SMILES string of the molecule is C/C(=N\NC(=O)c1ccc(OCC(C)C)cc1)c1ccc(-c2ccccc2)cc1. The maximum atomic E-state index is 12.3. The molecular formula is C25H26N2O2. The van der Waals surface area contributed by atoms with Crippen molar-refractivity contribution in [2.24, 2.45) is 11.0 Å². The van der Waals surface area contributed by atoms with Gasteiger partial charge in [-0.25, -0.2) is 5.43 Å². The molecule has 0 aliphatic heterocycles. The number of ether oxygens (including phenoxy) is 1. The zero-order chi connectivity index (χ0) is 20.6. The second-order valence-corrected chi connectivity index (χ2v) is 7.31. The Bertz CT molecular complexity index is 960. The summed E-state index contributed by atoms with van der Waals surface area (Å²) in [4.78, 5) is 12.3. The van der Waals surface area contributed by atoms with E-state index < -0.39 is 0 Å². The quantitative estimate of drug-likeness (QED) is 0.428. The molecule has 0 saturated heterocycles. The molecule has 3 aromatic rings. The molecule has 29 heavy (non-hydrogen) atoms. The topological polar surface area (TPSA) is 50.7 Å². The van der Waals surface area contributed by atoms with E-state index >= 15 is 0 Å². The van der Waals surface area contributed by atoms with Gasteiger partial charge in [-0.2, -0.15) is 5.10 Å². The van der Waals surface area contributed by atoms with Crippen LogP contribution in [0.1, 0.15) is 36.7 Å². The summed E-state index contributed by atoms with van der Waals surface area (Å²) < 4.78 is 5.64. The highest BCUT2D eigenvalue weighted by Gasteiger charge is 2.06. The lowest BCUT2D eigenvalue weighted by molar-refractivity contribution is 0.0955. The van der Waals surface area contributed by atoms with Crippen LogP contribution in [-0.2, 0) is 0 Å². The Morgan fingerprint density at radius 2 is 1.45 bits per heavy atom. The van der Waals surface area contributed by atoms with Crippen molar-refractivity contribution in [3.8, 4) is 16.9 Å². The van der Waals surface area contributed by atoms with Gasteiger partial charge in [-0.05, 0) is 53.8 Å². The van der Waals surface area contributed by atoms with Crippen molar-refractivity contribution in [2.75, 3.05) is 6.61 Å². The van der Waals surface area contributed by atoms with E-state index in [1.165, 1.54) is 5.56 Å². The zero-order valence-electron chi connectivity index (χ0n) is 17.1. The van der Waals surface area contributed by atoms with Crippen LogP contribution in [0.15, 0.2) is 84.0 Å².